The molecule has 1 saturated carbocycles. The fourth-order valence-corrected chi connectivity index (χ4v) is 3.96. The number of rotatable bonds is 7. The number of halogens is 1. The molecule has 3 aromatic rings. The van der Waals surface area contributed by atoms with Gasteiger partial charge in [0.15, 0.2) is 0 Å². The molecule has 0 bridgehead atoms. The molecule has 2 atom stereocenters. The van der Waals surface area contributed by atoms with Crippen molar-refractivity contribution in [2.24, 2.45) is 5.92 Å². The van der Waals surface area contributed by atoms with Crippen LogP contribution < -0.4 is 15.2 Å². The molecule has 3 N–H and O–H groups in total. The highest BCUT2D eigenvalue weighted by Crippen LogP contribution is 2.31. The van der Waals surface area contributed by atoms with Gasteiger partial charge in [-0.2, -0.15) is 4.98 Å². The molecule has 0 amide bonds. The predicted octanol–water partition coefficient (Wildman–Crippen LogP) is 3.50. The molecule has 2 heterocycles. The second-order valence-electron chi connectivity index (χ2n) is 7.10. The Morgan fingerprint density at radius 2 is 2.21 bits per heavy atom. The van der Waals surface area contributed by atoms with Crippen LogP contribution in [0.2, 0.25) is 5.02 Å². The van der Waals surface area contributed by atoms with Gasteiger partial charge in [-0.15, -0.1) is 0 Å². The second kappa shape index (κ2) is 8.10. The van der Waals surface area contributed by atoms with Gasteiger partial charge >= 0.3 is 0 Å². The van der Waals surface area contributed by atoms with E-state index in [0.29, 0.717) is 34.4 Å². The zero-order valence-electron chi connectivity index (χ0n) is 15.6. The van der Waals surface area contributed by atoms with Gasteiger partial charge in [0.05, 0.1) is 16.6 Å². The Labute approximate surface area is 174 Å². The molecular formula is C19H20ClN5O3S. The molecule has 2 aromatic heterocycles. The standard InChI is InChI=1S/C19H20ClN5O3S/c1-11(14-9-13-3-2-4-15(20)17(13)24-18(14)26)22-19-21-8-7-16(23-19)25(29(27)28)10-12-5-6-12/h2-4,7-9,11-12H,5-6,10H2,1H3,(H,24,26)(H,27,28)(H,21,22,23)/t11-/m0/s1. The third-order valence-electron chi connectivity index (χ3n) is 4.88. The smallest absolute Gasteiger partial charge is 0.263 e. The molecule has 1 fully saturated rings. The molecule has 1 aliphatic carbocycles. The fraction of sp³-hybridized carbons (Fsp3) is 0.316. The molecule has 4 rings (SSSR count). The number of hydrogen-bond donors (Lipinski definition) is 3. The Hall–Kier alpha value is -2.49. The predicted molar refractivity (Wildman–Crippen MR) is 114 cm³/mol. The van der Waals surface area contributed by atoms with E-state index in [2.05, 4.69) is 20.3 Å². The van der Waals surface area contributed by atoms with Gasteiger partial charge in [0, 0.05) is 29.8 Å². The van der Waals surface area contributed by atoms with Crippen LogP contribution in [0.15, 0.2) is 41.3 Å². The van der Waals surface area contributed by atoms with Gasteiger partial charge in [0.25, 0.3) is 16.8 Å². The van der Waals surface area contributed by atoms with Crippen LogP contribution in [-0.4, -0.2) is 30.3 Å². The summed E-state index contributed by atoms with van der Waals surface area (Å²) >= 11 is 3.98. The van der Waals surface area contributed by atoms with E-state index < -0.39 is 17.3 Å². The van der Waals surface area contributed by atoms with Gasteiger partial charge in [-0.3, -0.25) is 13.7 Å². The Balaban J connectivity index is 1.59. The number of nitrogens with one attached hydrogen (secondary N) is 2. The Morgan fingerprint density at radius 3 is 2.93 bits per heavy atom. The molecule has 0 spiro atoms. The molecule has 10 heteroatoms. The first-order chi connectivity index (χ1) is 13.9. The maximum Gasteiger partial charge on any atom is 0.263 e. The van der Waals surface area contributed by atoms with Crippen LogP contribution in [-0.2, 0) is 11.3 Å². The summed E-state index contributed by atoms with van der Waals surface area (Å²) in [4.78, 5) is 23.9. The minimum atomic E-state index is -2.17. The molecular weight excluding hydrogens is 414 g/mol. The van der Waals surface area contributed by atoms with E-state index in [9.17, 15) is 13.6 Å². The first-order valence-electron chi connectivity index (χ1n) is 9.22. The maximum atomic E-state index is 12.5. The molecule has 29 heavy (non-hydrogen) atoms. The van der Waals surface area contributed by atoms with Gasteiger partial charge < -0.3 is 10.3 Å². The molecule has 1 unspecified atom stereocenters. The van der Waals surface area contributed by atoms with Gasteiger partial charge in [0.1, 0.15) is 5.82 Å². The zero-order valence-corrected chi connectivity index (χ0v) is 17.2. The summed E-state index contributed by atoms with van der Waals surface area (Å²) in [7, 11) is 0. The van der Waals surface area contributed by atoms with Crippen molar-refractivity contribution in [3.8, 4) is 0 Å². The minimum Gasteiger partial charge on any atom is -0.347 e. The van der Waals surface area contributed by atoms with E-state index in [0.717, 1.165) is 18.2 Å². The summed E-state index contributed by atoms with van der Waals surface area (Å²) in [5.41, 5.74) is 0.845. The lowest BCUT2D eigenvalue weighted by Gasteiger charge is -2.20. The van der Waals surface area contributed by atoms with Crippen molar-refractivity contribution < 1.29 is 8.76 Å². The van der Waals surface area contributed by atoms with E-state index >= 15 is 0 Å². The Morgan fingerprint density at radius 1 is 1.41 bits per heavy atom. The average molecular weight is 434 g/mol. The SMILES string of the molecule is C[C@H](Nc1nccc(N(CC2CC2)S(=O)O)n1)c1cc2cccc(Cl)c2[nH]c1=O. The summed E-state index contributed by atoms with van der Waals surface area (Å²) in [6, 6.07) is 8.39. The maximum absolute atomic E-state index is 12.5. The van der Waals surface area contributed by atoms with Crippen LogP contribution in [0.1, 0.15) is 31.4 Å². The van der Waals surface area contributed by atoms with Gasteiger partial charge in [-0.05, 0) is 37.8 Å². The third kappa shape index (κ3) is 4.42. The number of hydrogen-bond acceptors (Lipinski definition) is 5. The number of fused-ring (bicyclic) bond motifs is 1. The second-order valence-corrected chi connectivity index (χ2v) is 8.41. The Kier molecular flexibility index (Phi) is 5.53. The highest BCUT2D eigenvalue weighted by atomic mass is 35.5. The number of H-pyrrole nitrogens is 1. The highest BCUT2D eigenvalue weighted by molar-refractivity contribution is 7.80. The van der Waals surface area contributed by atoms with Crippen LogP contribution >= 0.6 is 11.6 Å². The van der Waals surface area contributed by atoms with E-state index in [1.165, 1.54) is 10.5 Å². The number of aromatic amines is 1. The summed E-state index contributed by atoms with van der Waals surface area (Å²) in [6.45, 7) is 2.30. The topological polar surface area (TPSA) is 111 Å². The molecule has 1 aromatic carbocycles. The summed E-state index contributed by atoms with van der Waals surface area (Å²) in [6.07, 6.45) is 3.62. The van der Waals surface area contributed by atoms with Crippen molar-refractivity contribution in [2.75, 3.05) is 16.2 Å². The van der Waals surface area contributed by atoms with Crippen LogP contribution in [0, 0.1) is 5.92 Å². The van der Waals surface area contributed by atoms with Gasteiger partial charge in [0.2, 0.25) is 5.95 Å². The quantitative estimate of drug-likeness (QED) is 0.492. The van der Waals surface area contributed by atoms with Crippen LogP contribution in [0.3, 0.4) is 0 Å². The number of aromatic nitrogens is 3. The number of anilines is 2. The van der Waals surface area contributed by atoms with Crippen molar-refractivity contribution in [2.45, 2.75) is 25.8 Å². The number of benzene rings is 1. The van der Waals surface area contributed by atoms with Crippen LogP contribution in [0.5, 0.6) is 0 Å². The van der Waals surface area contributed by atoms with Crippen molar-refractivity contribution in [3.63, 3.8) is 0 Å². The third-order valence-corrected chi connectivity index (χ3v) is 5.90. The first-order valence-corrected chi connectivity index (χ1v) is 10.7. The monoisotopic (exact) mass is 433 g/mol. The van der Waals surface area contributed by atoms with E-state index in [-0.39, 0.29) is 11.5 Å². The van der Waals surface area contributed by atoms with Crippen LogP contribution in [0.25, 0.3) is 10.9 Å². The molecule has 0 saturated heterocycles. The van der Waals surface area contributed by atoms with Crippen molar-refractivity contribution in [1.82, 2.24) is 15.0 Å². The lowest BCUT2D eigenvalue weighted by Crippen LogP contribution is -2.29. The van der Waals surface area contributed by atoms with E-state index in [1.54, 1.807) is 18.2 Å². The van der Waals surface area contributed by atoms with E-state index in [1.807, 2.05) is 19.1 Å². The summed E-state index contributed by atoms with van der Waals surface area (Å²) < 4.78 is 22.7. The van der Waals surface area contributed by atoms with Crippen molar-refractivity contribution >= 4 is 45.5 Å². The lowest BCUT2D eigenvalue weighted by atomic mass is 10.1. The van der Waals surface area contributed by atoms with Crippen LogP contribution in [0.4, 0.5) is 11.8 Å². The number of para-hydroxylation sites is 1. The normalized spacial score (nSPS) is 15.8. The summed E-state index contributed by atoms with van der Waals surface area (Å²) in [5.74, 6) is 1.05. The number of nitrogens with zero attached hydrogens (tertiary/aromatic N) is 3. The molecule has 1 aliphatic rings. The molecule has 152 valence electrons. The van der Waals surface area contributed by atoms with Gasteiger partial charge in [-0.1, -0.05) is 23.7 Å². The number of pyridine rings is 1. The minimum absolute atomic E-state index is 0.256. The van der Waals surface area contributed by atoms with Crippen molar-refractivity contribution in [3.05, 3.63) is 57.5 Å². The van der Waals surface area contributed by atoms with Crippen molar-refractivity contribution in [1.29, 1.82) is 0 Å². The fourth-order valence-electron chi connectivity index (χ4n) is 3.13. The van der Waals surface area contributed by atoms with Gasteiger partial charge in [-0.25, -0.2) is 9.19 Å². The average Bonchev–Trinajstić information content (AvgIpc) is 3.50. The summed E-state index contributed by atoms with van der Waals surface area (Å²) in [5, 5.41) is 4.40. The highest BCUT2D eigenvalue weighted by Gasteiger charge is 2.27. The van der Waals surface area contributed by atoms with E-state index in [4.69, 9.17) is 11.6 Å². The molecule has 0 aliphatic heterocycles. The Bertz CT molecular complexity index is 1130. The lowest BCUT2D eigenvalue weighted by molar-refractivity contribution is 0.556. The molecule has 8 nitrogen and oxygen atoms in total. The molecule has 0 radical (unpaired) electrons. The largest absolute Gasteiger partial charge is 0.347 e. The zero-order chi connectivity index (χ0) is 20.5. The first kappa shape index (κ1) is 19.8.